The molecule has 2 N–H and O–H groups in total. The van der Waals surface area contributed by atoms with Gasteiger partial charge in [0.05, 0.1) is 16.6 Å². The first kappa shape index (κ1) is 16.2. The average Bonchev–Trinajstić information content (AvgIpc) is 2.67. The summed E-state index contributed by atoms with van der Waals surface area (Å²) in [5.74, 6) is 0.132. The lowest BCUT2D eigenvalue weighted by molar-refractivity contribution is 0.0739. The molecule has 0 saturated carbocycles. The van der Waals surface area contributed by atoms with E-state index in [-0.39, 0.29) is 5.97 Å². The number of hydrogen-bond acceptors (Lipinski definition) is 4. The molecule has 0 spiro atoms. The molecule has 1 heterocycles. The van der Waals surface area contributed by atoms with Crippen molar-refractivity contribution in [1.82, 2.24) is 4.98 Å². The van der Waals surface area contributed by atoms with Crippen LogP contribution in [0.15, 0.2) is 72.8 Å². The number of pyridine rings is 1. The van der Waals surface area contributed by atoms with Crippen LogP contribution in [0.3, 0.4) is 0 Å². The van der Waals surface area contributed by atoms with Crippen LogP contribution >= 0.6 is 0 Å². The number of esters is 1. The summed E-state index contributed by atoms with van der Waals surface area (Å²) < 4.78 is 5.65. The lowest BCUT2D eigenvalue weighted by atomic mass is 10.0. The van der Waals surface area contributed by atoms with Crippen LogP contribution < -0.4 is 10.5 Å². The second kappa shape index (κ2) is 6.94. The van der Waals surface area contributed by atoms with Crippen LogP contribution in [0.25, 0.3) is 21.8 Å². The molecule has 0 saturated heterocycles. The topological polar surface area (TPSA) is 65.2 Å². The molecule has 0 bridgehead atoms. The van der Waals surface area contributed by atoms with Gasteiger partial charge in [0.15, 0.2) is 0 Å². The van der Waals surface area contributed by atoms with E-state index in [1.807, 2.05) is 60.7 Å². The van der Waals surface area contributed by atoms with Gasteiger partial charge in [-0.3, -0.25) is 0 Å². The van der Waals surface area contributed by atoms with Crippen LogP contribution in [-0.2, 0) is 6.42 Å². The number of carbonyl (C=O) groups is 1. The van der Waals surface area contributed by atoms with Gasteiger partial charge in [-0.05, 0) is 42.8 Å². The van der Waals surface area contributed by atoms with Gasteiger partial charge in [0, 0.05) is 10.8 Å². The van der Waals surface area contributed by atoms with Gasteiger partial charge >= 0.3 is 5.97 Å². The third-order valence-electron chi connectivity index (χ3n) is 4.36. The van der Waals surface area contributed by atoms with Crippen molar-refractivity contribution >= 4 is 27.8 Å². The van der Waals surface area contributed by atoms with E-state index >= 15 is 0 Å². The third kappa shape index (κ3) is 3.03. The third-order valence-corrected chi connectivity index (χ3v) is 4.36. The van der Waals surface area contributed by atoms with Gasteiger partial charge < -0.3 is 10.5 Å². The van der Waals surface area contributed by atoms with E-state index in [1.54, 1.807) is 12.1 Å². The Bertz CT molecular complexity index is 1030. The molecule has 1 aromatic heterocycles. The van der Waals surface area contributed by atoms with Gasteiger partial charge in [-0.1, -0.05) is 48.5 Å². The fourth-order valence-corrected chi connectivity index (χ4v) is 3.11. The molecular formula is C22H18N2O2. The van der Waals surface area contributed by atoms with Crippen molar-refractivity contribution in [1.29, 1.82) is 0 Å². The van der Waals surface area contributed by atoms with Crippen molar-refractivity contribution < 1.29 is 9.53 Å². The zero-order chi connectivity index (χ0) is 17.9. The zero-order valence-electron chi connectivity index (χ0n) is 14.2. The standard InChI is InChI=1S/C22H18N2O2/c23-14-13-15-9-11-16(12-10-15)26-22(25)21-17-5-1-3-7-19(17)24-20-8-4-2-6-18(20)21/h1-12H,13-14,23H2. The number of aromatic nitrogens is 1. The molecule has 0 atom stereocenters. The summed E-state index contributed by atoms with van der Waals surface area (Å²) in [6, 6.07) is 22.7. The van der Waals surface area contributed by atoms with Crippen LogP contribution in [0.2, 0.25) is 0 Å². The number of nitrogens with zero attached hydrogens (tertiary/aromatic N) is 1. The fourth-order valence-electron chi connectivity index (χ4n) is 3.11. The first-order valence-corrected chi connectivity index (χ1v) is 8.55. The van der Waals surface area contributed by atoms with E-state index in [4.69, 9.17) is 10.5 Å². The predicted octanol–water partition coefficient (Wildman–Crippen LogP) is 4.11. The smallest absolute Gasteiger partial charge is 0.344 e. The van der Waals surface area contributed by atoms with Crippen molar-refractivity contribution in [2.24, 2.45) is 5.73 Å². The molecule has 4 nitrogen and oxygen atoms in total. The predicted molar refractivity (Wildman–Crippen MR) is 103 cm³/mol. The highest BCUT2D eigenvalue weighted by Crippen LogP contribution is 2.27. The number of fused-ring (bicyclic) bond motifs is 2. The molecule has 26 heavy (non-hydrogen) atoms. The van der Waals surface area contributed by atoms with E-state index in [0.717, 1.165) is 33.8 Å². The molecule has 0 aliphatic rings. The van der Waals surface area contributed by atoms with E-state index in [1.165, 1.54) is 0 Å². The minimum atomic E-state index is -0.383. The molecule has 0 amide bonds. The normalized spacial score (nSPS) is 11.0. The number of hydrogen-bond donors (Lipinski definition) is 1. The fraction of sp³-hybridized carbons (Fsp3) is 0.0909. The van der Waals surface area contributed by atoms with Crippen molar-refractivity contribution in [3.05, 3.63) is 83.9 Å². The Hall–Kier alpha value is -3.24. The van der Waals surface area contributed by atoms with Crippen LogP contribution in [0.4, 0.5) is 0 Å². The molecule has 0 radical (unpaired) electrons. The highest BCUT2D eigenvalue weighted by atomic mass is 16.5. The van der Waals surface area contributed by atoms with Crippen molar-refractivity contribution in [2.45, 2.75) is 6.42 Å². The summed E-state index contributed by atoms with van der Waals surface area (Å²) in [4.78, 5) is 17.6. The largest absolute Gasteiger partial charge is 0.423 e. The Kier molecular flexibility index (Phi) is 4.33. The van der Waals surface area contributed by atoms with Gasteiger partial charge in [-0.25, -0.2) is 9.78 Å². The minimum absolute atomic E-state index is 0.383. The summed E-state index contributed by atoms with van der Waals surface area (Å²) in [7, 11) is 0. The van der Waals surface area contributed by atoms with Crippen molar-refractivity contribution in [3.8, 4) is 5.75 Å². The second-order valence-corrected chi connectivity index (χ2v) is 6.09. The summed E-state index contributed by atoms with van der Waals surface area (Å²) in [5, 5.41) is 1.58. The highest BCUT2D eigenvalue weighted by Gasteiger charge is 2.17. The van der Waals surface area contributed by atoms with Crippen LogP contribution in [0.1, 0.15) is 15.9 Å². The molecule has 0 unspecified atom stereocenters. The van der Waals surface area contributed by atoms with E-state index in [2.05, 4.69) is 4.98 Å². The molecule has 4 heteroatoms. The summed E-state index contributed by atoms with van der Waals surface area (Å²) in [6.45, 7) is 0.591. The van der Waals surface area contributed by atoms with Gasteiger partial charge in [-0.15, -0.1) is 0 Å². The lowest BCUT2D eigenvalue weighted by Crippen LogP contribution is -2.10. The van der Waals surface area contributed by atoms with E-state index < -0.39 is 0 Å². The minimum Gasteiger partial charge on any atom is -0.423 e. The monoisotopic (exact) mass is 342 g/mol. The number of para-hydroxylation sites is 2. The molecule has 0 aliphatic carbocycles. The Morgan fingerprint density at radius 1 is 0.846 bits per heavy atom. The number of rotatable bonds is 4. The van der Waals surface area contributed by atoms with Gasteiger partial charge in [-0.2, -0.15) is 0 Å². The first-order valence-electron chi connectivity index (χ1n) is 8.55. The first-order chi connectivity index (χ1) is 12.8. The van der Waals surface area contributed by atoms with Gasteiger partial charge in [0.1, 0.15) is 5.75 Å². The zero-order valence-corrected chi connectivity index (χ0v) is 14.2. The number of benzene rings is 3. The second-order valence-electron chi connectivity index (χ2n) is 6.09. The molecule has 4 aromatic rings. The summed E-state index contributed by atoms with van der Waals surface area (Å²) in [6.07, 6.45) is 0.799. The SMILES string of the molecule is NCCc1ccc(OC(=O)c2c3ccccc3nc3ccccc23)cc1. The van der Waals surface area contributed by atoms with E-state index in [0.29, 0.717) is 17.9 Å². The maximum Gasteiger partial charge on any atom is 0.344 e. The molecule has 4 rings (SSSR count). The van der Waals surface area contributed by atoms with Crippen molar-refractivity contribution in [3.63, 3.8) is 0 Å². The Morgan fingerprint density at radius 2 is 1.42 bits per heavy atom. The summed E-state index contributed by atoms with van der Waals surface area (Å²) >= 11 is 0. The highest BCUT2D eigenvalue weighted by molar-refractivity contribution is 6.14. The number of ether oxygens (including phenoxy) is 1. The van der Waals surface area contributed by atoms with Crippen molar-refractivity contribution in [2.75, 3.05) is 6.54 Å². The average molecular weight is 342 g/mol. The van der Waals surface area contributed by atoms with Crippen LogP contribution in [-0.4, -0.2) is 17.5 Å². The Labute approximate surface area is 151 Å². The molecular weight excluding hydrogens is 324 g/mol. The number of nitrogens with two attached hydrogens (primary N) is 1. The maximum absolute atomic E-state index is 13.0. The quantitative estimate of drug-likeness (QED) is 0.344. The maximum atomic E-state index is 13.0. The van der Waals surface area contributed by atoms with Gasteiger partial charge in [0.25, 0.3) is 0 Å². The number of carbonyl (C=O) groups excluding carboxylic acids is 1. The summed E-state index contributed by atoms with van der Waals surface area (Å²) in [5.41, 5.74) is 8.78. The molecule has 0 aliphatic heterocycles. The molecule has 128 valence electrons. The molecule has 0 fully saturated rings. The Balaban J connectivity index is 1.77. The van der Waals surface area contributed by atoms with E-state index in [9.17, 15) is 4.79 Å². The van der Waals surface area contributed by atoms with Crippen LogP contribution in [0.5, 0.6) is 5.75 Å². The lowest BCUT2D eigenvalue weighted by Gasteiger charge is -2.11. The Morgan fingerprint density at radius 3 is 2.00 bits per heavy atom. The molecule has 3 aromatic carbocycles. The van der Waals surface area contributed by atoms with Crippen LogP contribution in [0, 0.1) is 0 Å². The van der Waals surface area contributed by atoms with Gasteiger partial charge in [0.2, 0.25) is 0 Å².